The van der Waals surface area contributed by atoms with Gasteiger partial charge in [-0.2, -0.15) is 0 Å². The van der Waals surface area contributed by atoms with Crippen LogP contribution >= 0.6 is 0 Å². The van der Waals surface area contributed by atoms with Gasteiger partial charge in [-0.25, -0.2) is 18.0 Å². The molecular weight excluding hydrogens is 521 g/mol. The third kappa shape index (κ3) is 7.63. The van der Waals surface area contributed by atoms with Gasteiger partial charge < -0.3 is 24.8 Å². The number of methoxy groups -OCH3 is 1. The molecule has 0 spiro atoms. The van der Waals surface area contributed by atoms with Crippen molar-refractivity contribution in [1.29, 1.82) is 0 Å². The van der Waals surface area contributed by atoms with Crippen molar-refractivity contribution in [1.82, 2.24) is 14.8 Å². The minimum absolute atomic E-state index is 0.168. The average molecular weight is 553 g/mol. The number of fused-ring (bicyclic) bond motifs is 1. The molecule has 4 rings (SSSR count). The molecule has 0 saturated heterocycles. The van der Waals surface area contributed by atoms with E-state index in [-0.39, 0.29) is 37.0 Å². The van der Waals surface area contributed by atoms with Gasteiger partial charge in [0.05, 0.1) is 5.69 Å². The minimum Gasteiger partial charge on any atom is -0.385 e. The number of H-pyrrole nitrogens is 1. The molecule has 40 heavy (non-hydrogen) atoms. The van der Waals surface area contributed by atoms with Crippen LogP contribution < -0.4 is 5.32 Å². The highest BCUT2D eigenvalue weighted by molar-refractivity contribution is 5.92. The second kappa shape index (κ2) is 13.7. The van der Waals surface area contributed by atoms with Gasteiger partial charge in [-0.1, -0.05) is 30.3 Å². The number of ether oxygens (including phenoxy) is 1. The fourth-order valence-electron chi connectivity index (χ4n) is 4.40. The highest BCUT2D eigenvalue weighted by atomic mass is 19.1. The summed E-state index contributed by atoms with van der Waals surface area (Å²) in [5.41, 5.74) is 2.56. The zero-order valence-corrected chi connectivity index (χ0v) is 22.1. The highest BCUT2D eigenvalue weighted by Gasteiger charge is 2.23. The first-order valence-corrected chi connectivity index (χ1v) is 12.9. The number of hydrogen-bond donors (Lipinski definition) is 2. The molecule has 0 saturated carbocycles. The number of aromatic amines is 1. The molecule has 4 aromatic rings. The molecule has 3 aromatic carbocycles. The number of amides is 3. The SMILES string of the molecule is COCCCN(CC(=O)N(CCc1c[nH]c2ccccc12)Cc1ccc(F)cc1)C(=O)Nc1ccc(F)cc1F. The van der Waals surface area contributed by atoms with E-state index in [0.29, 0.717) is 32.1 Å². The monoisotopic (exact) mass is 552 g/mol. The van der Waals surface area contributed by atoms with Crippen molar-refractivity contribution in [2.24, 2.45) is 0 Å². The van der Waals surface area contributed by atoms with Gasteiger partial charge in [0.15, 0.2) is 0 Å². The summed E-state index contributed by atoms with van der Waals surface area (Å²) >= 11 is 0. The van der Waals surface area contributed by atoms with Gasteiger partial charge in [0, 0.05) is 56.5 Å². The van der Waals surface area contributed by atoms with E-state index < -0.39 is 17.7 Å². The maximum Gasteiger partial charge on any atom is 0.322 e. The van der Waals surface area contributed by atoms with Gasteiger partial charge in [0.2, 0.25) is 5.91 Å². The van der Waals surface area contributed by atoms with Crippen LogP contribution in [0.1, 0.15) is 17.5 Å². The average Bonchev–Trinajstić information content (AvgIpc) is 3.36. The number of benzene rings is 3. The molecule has 0 aliphatic carbocycles. The van der Waals surface area contributed by atoms with Crippen LogP contribution in [0, 0.1) is 17.5 Å². The van der Waals surface area contributed by atoms with Crippen LogP contribution in [-0.4, -0.2) is 60.1 Å². The summed E-state index contributed by atoms with van der Waals surface area (Å²) in [6.07, 6.45) is 2.90. The van der Waals surface area contributed by atoms with Crippen molar-refractivity contribution in [3.63, 3.8) is 0 Å². The molecule has 0 radical (unpaired) electrons. The second-order valence-electron chi connectivity index (χ2n) is 9.37. The molecule has 0 aliphatic heterocycles. The standard InChI is InChI=1S/C30H31F3N4O3/c1-40-16-4-14-37(30(39)35-28-12-11-24(32)17-26(28)33)20-29(38)36(19-21-7-9-23(31)10-8-21)15-13-22-18-34-27-6-3-2-5-25(22)27/h2-3,5-12,17-18,34H,4,13-16,19-20H2,1H3,(H,35,39). The van der Waals surface area contributed by atoms with Crippen LogP contribution in [-0.2, 0) is 22.5 Å². The summed E-state index contributed by atoms with van der Waals surface area (Å²) in [6, 6.07) is 15.9. The van der Waals surface area contributed by atoms with Crippen molar-refractivity contribution in [3.05, 3.63) is 102 Å². The first kappa shape index (κ1) is 28.7. The Labute approximate surface area is 230 Å². The topological polar surface area (TPSA) is 77.7 Å². The van der Waals surface area contributed by atoms with E-state index in [1.165, 1.54) is 24.1 Å². The van der Waals surface area contributed by atoms with Gasteiger partial charge in [-0.3, -0.25) is 4.79 Å². The van der Waals surface area contributed by atoms with Crippen molar-refractivity contribution < 1.29 is 27.5 Å². The van der Waals surface area contributed by atoms with Gasteiger partial charge in [0.25, 0.3) is 0 Å². The zero-order chi connectivity index (χ0) is 28.5. The molecule has 0 atom stereocenters. The van der Waals surface area contributed by atoms with Crippen LogP contribution in [0.5, 0.6) is 0 Å². The van der Waals surface area contributed by atoms with E-state index in [1.807, 2.05) is 30.5 Å². The molecule has 0 aliphatic rings. The summed E-state index contributed by atoms with van der Waals surface area (Å²) in [4.78, 5) is 32.8. The molecule has 0 fully saturated rings. The molecule has 210 valence electrons. The lowest BCUT2D eigenvalue weighted by molar-refractivity contribution is -0.132. The Morgan fingerprint density at radius 2 is 1.68 bits per heavy atom. The number of rotatable bonds is 12. The van der Waals surface area contributed by atoms with E-state index in [1.54, 1.807) is 17.0 Å². The van der Waals surface area contributed by atoms with Crippen LogP contribution in [0.4, 0.5) is 23.7 Å². The van der Waals surface area contributed by atoms with Crippen LogP contribution in [0.15, 0.2) is 72.9 Å². The Morgan fingerprint density at radius 1 is 0.925 bits per heavy atom. The second-order valence-corrected chi connectivity index (χ2v) is 9.37. The summed E-state index contributed by atoms with van der Waals surface area (Å²) in [7, 11) is 1.53. The van der Waals surface area contributed by atoms with Crippen molar-refractivity contribution >= 4 is 28.5 Å². The Balaban J connectivity index is 1.52. The van der Waals surface area contributed by atoms with E-state index in [2.05, 4.69) is 10.3 Å². The maximum absolute atomic E-state index is 14.2. The smallest absolute Gasteiger partial charge is 0.322 e. The fourth-order valence-corrected chi connectivity index (χ4v) is 4.40. The van der Waals surface area contributed by atoms with Crippen LogP contribution in [0.3, 0.4) is 0 Å². The summed E-state index contributed by atoms with van der Waals surface area (Å²) in [5, 5.41) is 3.48. The fraction of sp³-hybridized carbons (Fsp3) is 0.267. The zero-order valence-electron chi connectivity index (χ0n) is 22.1. The number of nitrogens with zero attached hydrogens (tertiary/aromatic N) is 2. The normalized spacial score (nSPS) is 11.0. The number of aromatic nitrogens is 1. The lowest BCUT2D eigenvalue weighted by Crippen LogP contribution is -2.45. The van der Waals surface area contributed by atoms with Crippen molar-refractivity contribution in [3.8, 4) is 0 Å². The summed E-state index contributed by atoms with van der Waals surface area (Å²) in [5.74, 6) is -2.41. The largest absolute Gasteiger partial charge is 0.385 e. The van der Waals surface area contributed by atoms with Crippen molar-refractivity contribution in [2.75, 3.05) is 38.7 Å². The molecule has 1 heterocycles. The molecule has 0 unspecified atom stereocenters. The van der Waals surface area contributed by atoms with Crippen LogP contribution in [0.25, 0.3) is 10.9 Å². The molecule has 7 nitrogen and oxygen atoms in total. The molecular formula is C30H31F3N4O3. The number of halogens is 3. The number of urea groups is 1. The number of carbonyl (C=O) groups is 2. The molecule has 1 aromatic heterocycles. The van der Waals surface area contributed by atoms with Crippen LogP contribution in [0.2, 0.25) is 0 Å². The van der Waals surface area contributed by atoms with E-state index in [9.17, 15) is 22.8 Å². The van der Waals surface area contributed by atoms with Crippen molar-refractivity contribution in [2.45, 2.75) is 19.4 Å². The number of anilines is 1. The number of nitrogens with one attached hydrogen (secondary N) is 2. The van der Waals surface area contributed by atoms with Gasteiger partial charge >= 0.3 is 6.03 Å². The predicted octanol–water partition coefficient (Wildman–Crippen LogP) is 5.73. The van der Waals surface area contributed by atoms with Gasteiger partial charge in [-0.05, 0) is 54.3 Å². The van der Waals surface area contributed by atoms with E-state index in [0.717, 1.165) is 34.2 Å². The minimum atomic E-state index is -0.923. The number of para-hydroxylation sites is 1. The third-order valence-corrected chi connectivity index (χ3v) is 6.53. The molecule has 0 bridgehead atoms. The molecule has 10 heteroatoms. The number of carbonyl (C=O) groups excluding carboxylic acids is 2. The first-order valence-electron chi connectivity index (χ1n) is 12.9. The van der Waals surface area contributed by atoms with E-state index in [4.69, 9.17) is 4.74 Å². The van der Waals surface area contributed by atoms with Gasteiger partial charge in [0.1, 0.15) is 24.0 Å². The Hall–Kier alpha value is -4.31. The molecule has 3 amide bonds. The Morgan fingerprint density at radius 3 is 2.42 bits per heavy atom. The Kier molecular flexibility index (Phi) is 9.80. The highest BCUT2D eigenvalue weighted by Crippen LogP contribution is 2.20. The lowest BCUT2D eigenvalue weighted by Gasteiger charge is -2.28. The summed E-state index contributed by atoms with van der Waals surface area (Å²) in [6.45, 7) is 0.789. The first-order chi connectivity index (χ1) is 19.3. The summed E-state index contributed by atoms with van der Waals surface area (Å²) < 4.78 is 46.1. The number of hydrogen-bond acceptors (Lipinski definition) is 3. The molecule has 2 N–H and O–H groups in total. The predicted molar refractivity (Wildman–Crippen MR) is 147 cm³/mol. The van der Waals surface area contributed by atoms with E-state index >= 15 is 0 Å². The lowest BCUT2D eigenvalue weighted by atomic mass is 10.1. The third-order valence-electron chi connectivity index (χ3n) is 6.53. The maximum atomic E-state index is 14.2. The quantitative estimate of drug-likeness (QED) is 0.221. The van der Waals surface area contributed by atoms with Gasteiger partial charge in [-0.15, -0.1) is 0 Å². The Bertz CT molecular complexity index is 1440.